The number of carbonyl (C=O) groups is 2. The molecule has 1 aromatic carbocycles. The van der Waals surface area contributed by atoms with Gasteiger partial charge in [0.1, 0.15) is 11.9 Å². The molecule has 0 bridgehead atoms. The van der Waals surface area contributed by atoms with Gasteiger partial charge >= 0.3 is 6.09 Å². The van der Waals surface area contributed by atoms with Gasteiger partial charge in [-0.25, -0.2) is 4.79 Å². The molecule has 0 radical (unpaired) electrons. The van der Waals surface area contributed by atoms with E-state index in [4.69, 9.17) is 4.74 Å². The van der Waals surface area contributed by atoms with Crippen molar-refractivity contribution in [3.05, 3.63) is 29.8 Å². The van der Waals surface area contributed by atoms with Crippen LogP contribution in [0, 0.1) is 11.3 Å². The minimum atomic E-state index is -1.20. The topological polar surface area (TPSA) is 99.5 Å². The molecule has 3 rings (SSSR count). The van der Waals surface area contributed by atoms with Gasteiger partial charge in [-0.3, -0.25) is 13.9 Å². The standard InChI is InChI=1S/C17H19N3O4S/c1-25(23)10-15(21)19-8-14-9-20(16(22)24-14)13-4-2-12(3-5-13)17(11-18)6-7-17/h2-5,14H,6-10H2,1H3,(H,19,21). The number of nitriles is 1. The molecule has 1 aliphatic carbocycles. The highest BCUT2D eigenvalue weighted by atomic mass is 32.2. The van der Waals surface area contributed by atoms with Crippen LogP contribution >= 0.6 is 0 Å². The Morgan fingerprint density at radius 3 is 2.68 bits per heavy atom. The van der Waals surface area contributed by atoms with E-state index in [1.54, 1.807) is 0 Å². The van der Waals surface area contributed by atoms with Gasteiger partial charge in [0.25, 0.3) is 0 Å². The molecule has 132 valence electrons. The van der Waals surface area contributed by atoms with Crippen molar-refractivity contribution < 1.29 is 18.5 Å². The van der Waals surface area contributed by atoms with Gasteiger partial charge in [0, 0.05) is 22.7 Å². The second-order valence-electron chi connectivity index (χ2n) is 6.38. The molecule has 2 atom stereocenters. The predicted octanol–water partition coefficient (Wildman–Crippen LogP) is 1.06. The fourth-order valence-corrected chi connectivity index (χ4v) is 3.32. The van der Waals surface area contributed by atoms with Gasteiger partial charge in [-0.1, -0.05) is 12.1 Å². The Morgan fingerprint density at radius 2 is 2.12 bits per heavy atom. The summed E-state index contributed by atoms with van der Waals surface area (Å²) in [4.78, 5) is 25.1. The molecular formula is C17H19N3O4S. The van der Waals surface area contributed by atoms with Crippen molar-refractivity contribution in [3.63, 3.8) is 0 Å². The van der Waals surface area contributed by atoms with E-state index in [0.29, 0.717) is 12.2 Å². The van der Waals surface area contributed by atoms with Gasteiger partial charge in [-0.15, -0.1) is 0 Å². The normalized spacial score (nSPS) is 22.0. The Balaban J connectivity index is 1.58. The van der Waals surface area contributed by atoms with E-state index in [1.165, 1.54) is 11.2 Å². The first-order valence-corrected chi connectivity index (χ1v) is 9.73. The van der Waals surface area contributed by atoms with Crippen LogP contribution in [-0.4, -0.2) is 47.4 Å². The monoisotopic (exact) mass is 361 g/mol. The summed E-state index contributed by atoms with van der Waals surface area (Å²) >= 11 is 0. The highest BCUT2D eigenvalue weighted by molar-refractivity contribution is 7.85. The smallest absolute Gasteiger partial charge is 0.414 e. The molecule has 1 saturated heterocycles. The summed E-state index contributed by atoms with van der Waals surface area (Å²) in [5, 5.41) is 11.9. The minimum absolute atomic E-state index is 0.0630. The molecule has 1 aromatic rings. The number of hydrogen-bond donors (Lipinski definition) is 1. The number of nitrogens with one attached hydrogen (secondary N) is 1. The Morgan fingerprint density at radius 1 is 1.44 bits per heavy atom. The quantitative estimate of drug-likeness (QED) is 0.817. The van der Waals surface area contributed by atoms with Gasteiger partial charge in [0.2, 0.25) is 5.91 Å². The molecule has 1 heterocycles. The van der Waals surface area contributed by atoms with Crippen molar-refractivity contribution in [2.24, 2.45) is 0 Å². The third-order valence-electron chi connectivity index (χ3n) is 4.43. The molecule has 0 spiro atoms. The maximum absolute atomic E-state index is 12.0. The van der Waals surface area contributed by atoms with E-state index in [0.717, 1.165) is 18.4 Å². The fourth-order valence-electron chi connectivity index (χ4n) is 2.85. The highest BCUT2D eigenvalue weighted by Gasteiger charge is 2.45. The van der Waals surface area contributed by atoms with Gasteiger partial charge < -0.3 is 10.1 Å². The van der Waals surface area contributed by atoms with Gasteiger partial charge in [0.05, 0.1) is 24.6 Å². The third kappa shape index (κ3) is 3.82. The Kier molecular flexibility index (Phi) is 4.77. The molecule has 2 amide bonds. The van der Waals surface area contributed by atoms with E-state index in [1.807, 2.05) is 24.3 Å². The highest BCUT2D eigenvalue weighted by Crippen LogP contribution is 2.47. The summed E-state index contributed by atoms with van der Waals surface area (Å²) in [6.45, 7) is 0.519. The van der Waals surface area contributed by atoms with Crippen molar-refractivity contribution >= 4 is 28.5 Å². The maximum atomic E-state index is 12.0. The van der Waals surface area contributed by atoms with Crippen LogP contribution < -0.4 is 10.2 Å². The molecule has 25 heavy (non-hydrogen) atoms. The van der Waals surface area contributed by atoms with Crippen LogP contribution in [-0.2, 0) is 25.7 Å². The molecular weight excluding hydrogens is 342 g/mol. The molecule has 8 heteroatoms. The number of ether oxygens (including phenoxy) is 1. The lowest BCUT2D eigenvalue weighted by atomic mass is 9.97. The van der Waals surface area contributed by atoms with E-state index >= 15 is 0 Å². The number of rotatable bonds is 6. The Hall–Kier alpha value is -2.40. The number of carbonyl (C=O) groups excluding carboxylic acids is 2. The minimum Gasteiger partial charge on any atom is -0.442 e. The number of anilines is 1. The van der Waals surface area contributed by atoms with Crippen LogP contribution in [0.25, 0.3) is 0 Å². The van der Waals surface area contributed by atoms with Crippen LogP contribution in [0.3, 0.4) is 0 Å². The van der Waals surface area contributed by atoms with E-state index < -0.39 is 23.0 Å². The zero-order valence-electron chi connectivity index (χ0n) is 13.9. The van der Waals surface area contributed by atoms with Crippen LogP contribution in [0.1, 0.15) is 18.4 Å². The van der Waals surface area contributed by atoms with Crippen molar-refractivity contribution in [1.82, 2.24) is 5.32 Å². The largest absolute Gasteiger partial charge is 0.442 e. The first-order valence-electron chi connectivity index (χ1n) is 8.00. The molecule has 7 nitrogen and oxygen atoms in total. The Labute approximate surface area is 148 Å². The molecule has 2 aliphatic rings. The lowest BCUT2D eigenvalue weighted by Crippen LogP contribution is -2.36. The number of benzene rings is 1. The summed E-state index contributed by atoms with van der Waals surface area (Å²) in [6, 6.07) is 9.74. The van der Waals surface area contributed by atoms with Crippen molar-refractivity contribution in [2.45, 2.75) is 24.4 Å². The van der Waals surface area contributed by atoms with Crippen LogP contribution in [0.5, 0.6) is 0 Å². The molecule has 2 unspecified atom stereocenters. The van der Waals surface area contributed by atoms with Crippen molar-refractivity contribution in [2.75, 3.05) is 30.0 Å². The zero-order valence-corrected chi connectivity index (χ0v) is 14.7. The van der Waals surface area contributed by atoms with E-state index in [-0.39, 0.29) is 23.6 Å². The first kappa shape index (κ1) is 17.4. The summed E-state index contributed by atoms with van der Waals surface area (Å²) < 4.78 is 16.3. The lowest BCUT2D eigenvalue weighted by molar-refractivity contribution is -0.118. The molecule has 1 saturated carbocycles. The number of nitrogens with zero attached hydrogens (tertiary/aromatic N) is 2. The van der Waals surface area contributed by atoms with Crippen LogP contribution in [0.15, 0.2) is 24.3 Å². The zero-order chi connectivity index (χ0) is 18.0. The van der Waals surface area contributed by atoms with Crippen LogP contribution in [0.4, 0.5) is 10.5 Å². The predicted molar refractivity (Wildman–Crippen MR) is 92.5 cm³/mol. The van der Waals surface area contributed by atoms with Crippen LogP contribution in [0.2, 0.25) is 0 Å². The second-order valence-corrected chi connectivity index (χ2v) is 7.81. The summed E-state index contributed by atoms with van der Waals surface area (Å²) in [6.07, 6.45) is 2.29. The molecule has 1 N–H and O–H groups in total. The third-order valence-corrected chi connectivity index (χ3v) is 5.10. The first-order chi connectivity index (χ1) is 11.9. The Bertz CT molecular complexity index is 752. The van der Waals surface area contributed by atoms with Crippen molar-refractivity contribution in [3.8, 4) is 6.07 Å². The number of hydrogen-bond acceptors (Lipinski definition) is 5. The molecule has 1 aliphatic heterocycles. The maximum Gasteiger partial charge on any atom is 0.414 e. The number of amides is 2. The molecule has 2 fully saturated rings. The SMILES string of the molecule is CS(=O)CC(=O)NCC1CN(c2ccc(C3(C#N)CC3)cc2)C(=O)O1. The summed E-state index contributed by atoms with van der Waals surface area (Å²) in [5.41, 5.74) is 1.32. The fraction of sp³-hybridized carbons (Fsp3) is 0.471. The molecule has 0 aromatic heterocycles. The lowest BCUT2D eigenvalue weighted by Gasteiger charge is -2.14. The van der Waals surface area contributed by atoms with Gasteiger partial charge in [-0.05, 0) is 30.5 Å². The summed E-state index contributed by atoms with van der Waals surface area (Å²) in [5.74, 6) is -0.391. The van der Waals surface area contributed by atoms with Gasteiger partial charge in [0.15, 0.2) is 0 Å². The number of cyclic esters (lactones) is 1. The summed E-state index contributed by atoms with van der Waals surface area (Å²) in [7, 11) is -1.20. The second kappa shape index (κ2) is 6.84. The average molecular weight is 361 g/mol. The average Bonchev–Trinajstić information content (AvgIpc) is 3.30. The van der Waals surface area contributed by atoms with E-state index in [2.05, 4.69) is 11.4 Å². The van der Waals surface area contributed by atoms with E-state index in [9.17, 15) is 19.1 Å². The van der Waals surface area contributed by atoms with Gasteiger partial charge in [-0.2, -0.15) is 5.26 Å². The van der Waals surface area contributed by atoms with Crippen molar-refractivity contribution in [1.29, 1.82) is 5.26 Å².